The van der Waals surface area contributed by atoms with Crippen molar-refractivity contribution >= 4 is 23.4 Å². The molecule has 1 aliphatic heterocycles. The SMILES string of the molecule is COc1cc(C(=O)N2CCCC2)ccc1Nc1ncc(C(F)(F)F)c(NCc2ccnn2C)n1. The first-order valence-electron chi connectivity index (χ1n) is 10.7. The van der Waals surface area contributed by atoms with Crippen LogP contribution in [0.25, 0.3) is 0 Å². The monoisotopic (exact) mass is 475 g/mol. The summed E-state index contributed by atoms with van der Waals surface area (Å²) in [5.41, 5.74) is 0.578. The maximum absolute atomic E-state index is 13.5. The summed E-state index contributed by atoms with van der Waals surface area (Å²) in [6, 6.07) is 6.54. The molecule has 2 N–H and O–H groups in total. The van der Waals surface area contributed by atoms with E-state index in [1.165, 1.54) is 7.11 Å². The summed E-state index contributed by atoms with van der Waals surface area (Å²) in [7, 11) is 3.14. The number of hydrogen-bond acceptors (Lipinski definition) is 7. The topological polar surface area (TPSA) is 97.2 Å². The van der Waals surface area contributed by atoms with Crippen molar-refractivity contribution in [3.05, 3.63) is 53.5 Å². The van der Waals surface area contributed by atoms with Gasteiger partial charge in [0.15, 0.2) is 0 Å². The van der Waals surface area contributed by atoms with Crippen LogP contribution in [0.5, 0.6) is 5.75 Å². The number of halogens is 3. The second kappa shape index (κ2) is 9.57. The van der Waals surface area contributed by atoms with Crippen molar-refractivity contribution in [1.82, 2.24) is 24.6 Å². The molecule has 1 saturated heterocycles. The number of amides is 1. The zero-order valence-corrected chi connectivity index (χ0v) is 18.7. The number of aryl methyl sites for hydroxylation is 1. The van der Waals surface area contributed by atoms with E-state index in [1.807, 2.05) is 0 Å². The lowest BCUT2D eigenvalue weighted by atomic mass is 10.1. The average Bonchev–Trinajstić information content (AvgIpc) is 3.49. The van der Waals surface area contributed by atoms with Crippen LogP contribution in [0.2, 0.25) is 0 Å². The summed E-state index contributed by atoms with van der Waals surface area (Å²) < 4.78 is 47.5. The number of ether oxygens (including phenoxy) is 1. The van der Waals surface area contributed by atoms with E-state index in [0.717, 1.165) is 32.1 Å². The summed E-state index contributed by atoms with van der Waals surface area (Å²) in [6.45, 7) is 1.52. The van der Waals surface area contributed by atoms with Gasteiger partial charge in [0.1, 0.15) is 17.1 Å². The maximum atomic E-state index is 13.5. The molecular formula is C22H24F3N7O2. The normalized spacial score (nSPS) is 13.7. The first-order chi connectivity index (χ1) is 16.3. The van der Waals surface area contributed by atoms with Crippen molar-refractivity contribution in [2.75, 3.05) is 30.8 Å². The Labute approximate surface area is 194 Å². The minimum absolute atomic E-state index is 0.0579. The van der Waals surface area contributed by atoms with Crippen LogP contribution < -0.4 is 15.4 Å². The Hall–Kier alpha value is -3.83. The summed E-state index contributed by atoms with van der Waals surface area (Å²) in [5, 5.41) is 9.61. The highest BCUT2D eigenvalue weighted by molar-refractivity contribution is 5.95. The van der Waals surface area contributed by atoms with E-state index in [4.69, 9.17) is 4.74 Å². The Morgan fingerprint density at radius 2 is 1.97 bits per heavy atom. The van der Waals surface area contributed by atoms with Crippen molar-refractivity contribution in [2.45, 2.75) is 25.6 Å². The van der Waals surface area contributed by atoms with Crippen molar-refractivity contribution in [3.63, 3.8) is 0 Å². The molecule has 0 spiro atoms. The van der Waals surface area contributed by atoms with Gasteiger partial charge in [-0.1, -0.05) is 0 Å². The largest absolute Gasteiger partial charge is 0.495 e. The molecule has 34 heavy (non-hydrogen) atoms. The molecule has 1 fully saturated rings. The summed E-state index contributed by atoms with van der Waals surface area (Å²) in [6.07, 6.45) is -0.407. The Balaban J connectivity index is 1.57. The molecule has 3 heterocycles. The number of nitrogens with one attached hydrogen (secondary N) is 2. The van der Waals surface area contributed by atoms with Crippen LogP contribution in [0.4, 0.5) is 30.6 Å². The molecule has 1 amide bonds. The van der Waals surface area contributed by atoms with E-state index in [1.54, 1.807) is 47.1 Å². The number of rotatable bonds is 7. The zero-order valence-electron chi connectivity index (χ0n) is 18.7. The lowest BCUT2D eigenvalue weighted by molar-refractivity contribution is -0.137. The van der Waals surface area contributed by atoms with E-state index in [9.17, 15) is 18.0 Å². The summed E-state index contributed by atoms with van der Waals surface area (Å²) >= 11 is 0. The average molecular weight is 475 g/mol. The molecule has 12 heteroatoms. The number of nitrogens with zero attached hydrogens (tertiary/aromatic N) is 5. The van der Waals surface area contributed by atoms with Gasteiger partial charge < -0.3 is 20.3 Å². The van der Waals surface area contributed by atoms with Crippen LogP contribution >= 0.6 is 0 Å². The molecular weight excluding hydrogens is 451 g/mol. The van der Waals surface area contributed by atoms with Crippen LogP contribution in [0, 0.1) is 0 Å². The second-order valence-corrected chi connectivity index (χ2v) is 7.79. The lowest BCUT2D eigenvalue weighted by Crippen LogP contribution is -2.27. The molecule has 180 valence electrons. The number of methoxy groups -OCH3 is 1. The fourth-order valence-corrected chi connectivity index (χ4v) is 3.68. The number of aromatic nitrogens is 4. The highest BCUT2D eigenvalue weighted by atomic mass is 19.4. The Morgan fingerprint density at radius 3 is 2.62 bits per heavy atom. The van der Waals surface area contributed by atoms with Gasteiger partial charge >= 0.3 is 6.18 Å². The maximum Gasteiger partial charge on any atom is 0.421 e. The van der Waals surface area contributed by atoms with Crippen LogP contribution in [0.3, 0.4) is 0 Å². The predicted molar refractivity (Wildman–Crippen MR) is 119 cm³/mol. The van der Waals surface area contributed by atoms with Gasteiger partial charge in [0.25, 0.3) is 5.91 Å². The van der Waals surface area contributed by atoms with Gasteiger partial charge in [0, 0.05) is 38.1 Å². The van der Waals surface area contributed by atoms with Gasteiger partial charge in [-0.2, -0.15) is 23.3 Å². The molecule has 1 aliphatic rings. The number of benzene rings is 1. The fourth-order valence-electron chi connectivity index (χ4n) is 3.68. The molecule has 0 radical (unpaired) electrons. The van der Waals surface area contributed by atoms with Gasteiger partial charge in [-0.15, -0.1) is 0 Å². The van der Waals surface area contributed by atoms with E-state index in [2.05, 4.69) is 25.7 Å². The first-order valence-corrected chi connectivity index (χ1v) is 10.7. The molecule has 2 aromatic heterocycles. The van der Waals surface area contributed by atoms with Crippen molar-refractivity contribution in [3.8, 4) is 5.75 Å². The molecule has 3 aromatic rings. The summed E-state index contributed by atoms with van der Waals surface area (Å²) in [4.78, 5) is 22.3. The Bertz CT molecular complexity index is 1170. The predicted octanol–water partition coefficient (Wildman–Crippen LogP) is 3.83. The van der Waals surface area contributed by atoms with E-state index in [-0.39, 0.29) is 24.2 Å². The van der Waals surface area contributed by atoms with Crippen LogP contribution in [-0.4, -0.2) is 50.8 Å². The third kappa shape index (κ3) is 5.05. The molecule has 4 rings (SSSR count). The van der Waals surface area contributed by atoms with E-state index >= 15 is 0 Å². The van der Waals surface area contributed by atoms with Crippen LogP contribution in [0.1, 0.15) is 34.5 Å². The van der Waals surface area contributed by atoms with Gasteiger partial charge in [0.2, 0.25) is 5.95 Å². The third-order valence-corrected chi connectivity index (χ3v) is 5.54. The number of likely N-dealkylation sites (tertiary alicyclic amines) is 1. The van der Waals surface area contributed by atoms with Gasteiger partial charge in [0.05, 0.1) is 25.0 Å². The highest BCUT2D eigenvalue weighted by Crippen LogP contribution is 2.35. The molecule has 9 nitrogen and oxygen atoms in total. The first kappa shape index (κ1) is 23.3. The van der Waals surface area contributed by atoms with E-state index in [0.29, 0.717) is 22.7 Å². The van der Waals surface area contributed by atoms with E-state index < -0.39 is 11.7 Å². The zero-order chi connectivity index (χ0) is 24.3. The van der Waals surface area contributed by atoms with Crippen LogP contribution in [-0.2, 0) is 19.8 Å². The van der Waals surface area contributed by atoms with Crippen molar-refractivity contribution in [1.29, 1.82) is 0 Å². The number of alkyl halides is 3. The van der Waals surface area contributed by atoms with Crippen LogP contribution in [0.15, 0.2) is 36.7 Å². The van der Waals surface area contributed by atoms with Gasteiger partial charge in [-0.05, 0) is 37.1 Å². The minimum Gasteiger partial charge on any atom is -0.495 e. The molecule has 0 aliphatic carbocycles. The quantitative estimate of drug-likeness (QED) is 0.536. The Morgan fingerprint density at radius 1 is 1.21 bits per heavy atom. The van der Waals surface area contributed by atoms with Crippen molar-refractivity contribution in [2.24, 2.45) is 7.05 Å². The van der Waals surface area contributed by atoms with Gasteiger partial charge in [-0.25, -0.2) is 4.98 Å². The summed E-state index contributed by atoms with van der Waals surface area (Å²) in [5.74, 6) is -0.170. The fraction of sp³-hybridized carbons (Fsp3) is 0.364. The number of hydrogen-bond donors (Lipinski definition) is 2. The van der Waals surface area contributed by atoms with Gasteiger partial charge in [-0.3, -0.25) is 9.48 Å². The third-order valence-electron chi connectivity index (χ3n) is 5.54. The molecule has 0 unspecified atom stereocenters. The number of carbonyl (C=O) groups excluding carboxylic acids is 1. The molecule has 0 saturated carbocycles. The molecule has 0 atom stereocenters. The Kier molecular flexibility index (Phi) is 6.57. The number of anilines is 3. The second-order valence-electron chi connectivity index (χ2n) is 7.79. The minimum atomic E-state index is -4.64. The molecule has 0 bridgehead atoms. The standard InChI is InChI=1S/C22H24F3N7O2/c1-31-15(7-8-28-31)12-26-19-16(22(23,24)25)13-27-21(30-19)29-17-6-5-14(11-18(17)34-2)20(33)32-9-3-4-10-32/h5-8,11,13H,3-4,9-10,12H2,1-2H3,(H2,26,27,29,30). The highest BCUT2D eigenvalue weighted by Gasteiger charge is 2.35. The molecule has 1 aromatic carbocycles. The van der Waals surface area contributed by atoms with Crippen molar-refractivity contribution < 1.29 is 22.7 Å². The lowest BCUT2D eigenvalue weighted by Gasteiger charge is -2.18. The smallest absolute Gasteiger partial charge is 0.421 e. The number of carbonyl (C=O) groups is 1.